The van der Waals surface area contributed by atoms with E-state index >= 15 is 0 Å². The first kappa shape index (κ1) is 22.4. The molecule has 1 aliphatic carbocycles. The molecule has 2 rings (SSSR count). The van der Waals surface area contributed by atoms with Gasteiger partial charge < -0.3 is 15.5 Å². The van der Waals surface area contributed by atoms with Crippen LogP contribution in [0.3, 0.4) is 0 Å². The van der Waals surface area contributed by atoms with Gasteiger partial charge in [-0.1, -0.05) is 0 Å². The number of hydrogen-bond donors (Lipinski definition) is 2. The lowest BCUT2D eigenvalue weighted by atomic mass is 10.2. The van der Waals surface area contributed by atoms with Gasteiger partial charge in [-0.2, -0.15) is 0 Å². The van der Waals surface area contributed by atoms with Crippen molar-refractivity contribution in [3.05, 3.63) is 0 Å². The number of halogens is 2. The van der Waals surface area contributed by atoms with Crippen molar-refractivity contribution >= 4 is 36.6 Å². The van der Waals surface area contributed by atoms with Crippen LogP contribution in [0.2, 0.25) is 0 Å². The van der Waals surface area contributed by atoms with Gasteiger partial charge in [-0.15, -0.1) is 24.8 Å². The van der Waals surface area contributed by atoms with Gasteiger partial charge in [0, 0.05) is 38.6 Å². The van der Waals surface area contributed by atoms with Crippen LogP contribution in [0, 0.1) is 0 Å². The average Bonchev–Trinajstić information content (AvgIpc) is 3.30. The van der Waals surface area contributed by atoms with Crippen LogP contribution in [0.5, 0.6) is 0 Å². The van der Waals surface area contributed by atoms with E-state index in [2.05, 4.69) is 15.5 Å². The first-order valence-corrected chi connectivity index (χ1v) is 8.08. The molecule has 1 unspecified atom stereocenters. The van der Waals surface area contributed by atoms with Crippen LogP contribution in [0.25, 0.3) is 0 Å². The maximum Gasteiger partial charge on any atom is 0.237 e. The van der Waals surface area contributed by atoms with Crippen LogP contribution in [0.15, 0.2) is 0 Å². The fourth-order valence-electron chi connectivity index (χ4n) is 2.65. The van der Waals surface area contributed by atoms with Gasteiger partial charge in [-0.25, -0.2) is 0 Å². The fraction of sp³-hybridized carbons (Fsp3) is 0.867. The Bertz CT molecular complexity index is 372. The first-order valence-electron chi connectivity index (χ1n) is 8.08. The summed E-state index contributed by atoms with van der Waals surface area (Å²) in [4.78, 5) is 28.2. The molecule has 0 aromatic heterocycles. The molecule has 1 atom stereocenters. The van der Waals surface area contributed by atoms with Crippen molar-refractivity contribution in [2.75, 3.05) is 39.8 Å². The highest BCUT2D eigenvalue weighted by atomic mass is 35.5. The largest absolute Gasteiger partial charge is 0.352 e. The Kier molecular flexibility index (Phi) is 10.8. The topological polar surface area (TPSA) is 64.7 Å². The van der Waals surface area contributed by atoms with Gasteiger partial charge in [0.2, 0.25) is 11.8 Å². The molecule has 2 fully saturated rings. The second-order valence-corrected chi connectivity index (χ2v) is 6.08. The molecule has 8 heteroatoms. The number of rotatable bonds is 7. The zero-order valence-corrected chi connectivity index (χ0v) is 15.7. The van der Waals surface area contributed by atoms with Crippen molar-refractivity contribution in [3.8, 4) is 0 Å². The molecule has 1 saturated carbocycles. The third kappa shape index (κ3) is 7.25. The molecule has 1 heterocycles. The molecule has 1 aliphatic heterocycles. The van der Waals surface area contributed by atoms with Crippen LogP contribution >= 0.6 is 24.8 Å². The number of piperazine rings is 1. The maximum absolute atomic E-state index is 12.0. The summed E-state index contributed by atoms with van der Waals surface area (Å²) in [6, 6.07) is 0.321. The van der Waals surface area contributed by atoms with E-state index in [4.69, 9.17) is 0 Å². The van der Waals surface area contributed by atoms with Crippen LogP contribution in [-0.4, -0.2) is 73.5 Å². The molecule has 23 heavy (non-hydrogen) atoms. The lowest BCUT2D eigenvalue weighted by Gasteiger charge is -2.37. The molecule has 2 N–H and O–H groups in total. The standard InChI is InChI=1S/C15H28N4O2.2ClH/c1-12(15(21)17-13-5-6-13)18-8-10-19(11-9-18)14(20)4-3-7-16-2;;/h12-13,16H,3-11H2,1-2H3,(H,17,21);2*1H. The van der Waals surface area contributed by atoms with Crippen molar-refractivity contribution in [2.24, 2.45) is 0 Å². The zero-order chi connectivity index (χ0) is 15.2. The van der Waals surface area contributed by atoms with Crippen molar-refractivity contribution in [1.29, 1.82) is 0 Å². The van der Waals surface area contributed by atoms with E-state index in [1.54, 1.807) is 0 Å². The van der Waals surface area contributed by atoms with Gasteiger partial charge in [0.15, 0.2) is 0 Å². The second kappa shape index (κ2) is 11.1. The number of nitrogens with zero attached hydrogens (tertiary/aromatic N) is 2. The van der Waals surface area contributed by atoms with Gasteiger partial charge in [0.05, 0.1) is 6.04 Å². The third-order valence-corrected chi connectivity index (χ3v) is 4.34. The molecule has 2 amide bonds. The van der Waals surface area contributed by atoms with Crippen LogP contribution in [0.4, 0.5) is 0 Å². The minimum Gasteiger partial charge on any atom is -0.352 e. The van der Waals surface area contributed by atoms with Crippen molar-refractivity contribution < 1.29 is 9.59 Å². The zero-order valence-electron chi connectivity index (χ0n) is 14.0. The minimum absolute atomic E-state index is 0. The number of carbonyl (C=O) groups excluding carboxylic acids is 2. The number of amides is 2. The Morgan fingerprint density at radius 2 is 1.74 bits per heavy atom. The molecule has 1 saturated heterocycles. The van der Waals surface area contributed by atoms with Crippen LogP contribution in [-0.2, 0) is 9.59 Å². The van der Waals surface area contributed by atoms with E-state index in [0.717, 1.165) is 52.0 Å². The molecule has 0 radical (unpaired) electrons. The molecule has 6 nitrogen and oxygen atoms in total. The quantitative estimate of drug-likeness (QED) is 0.647. The maximum atomic E-state index is 12.0. The Morgan fingerprint density at radius 3 is 2.26 bits per heavy atom. The summed E-state index contributed by atoms with van der Waals surface area (Å²) in [5.41, 5.74) is 0. The van der Waals surface area contributed by atoms with Gasteiger partial charge in [0.1, 0.15) is 0 Å². The predicted octanol–water partition coefficient (Wildman–Crippen LogP) is 0.641. The predicted molar refractivity (Wildman–Crippen MR) is 96.4 cm³/mol. The summed E-state index contributed by atoms with van der Waals surface area (Å²) in [7, 11) is 1.90. The monoisotopic (exact) mass is 368 g/mol. The van der Waals surface area contributed by atoms with Crippen molar-refractivity contribution in [3.63, 3.8) is 0 Å². The summed E-state index contributed by atoms with van der Waals surface area (Å²) in [6.07, 6.45) is 3.73. The lowest BCUT2D eigenvalue weighted by molar-refractivity contribution is -0.134. The Hall–Kier alpha value is -0.560. The minimum atomic E-state index is -0.0906. The van der Waals surface area contributed by atoms with E-state index in [1.807, 2.05) is 18.9 Å². The van der Waals surface area contributed by atoms with Crippen molar-refractivity contribution in [2.45, 2.75) is 44.7 Å². The molecule has 0 aromatic rings. The normalized spacial score (nSPS) is 19.3. The highest BCUT2D eigenvalue weighted by Crippen LogP contribution is 2.19. The molecule has 2 aliphatic rings. The van der Waals surface area contributed by atoms with E-state index in [0.29, 0.717) is 12.5 Å². The number of hydrogen-bond acceptors (Lipinski definition) is 4. The lowest BCUT2D eigenvalue weighted by Crippen LogP contribution is -2.55. The number of nitrogens with one attached hydrogen (secondary N) is 2. The number of carbonyl (C=O) groups is 2. The summed E-state index contributed by atoms with van der Waals surface area (Å²) < 4.78 is 0. The summed E-state index contributed by atoms with van der Waals surface area (Å²) in [5.74, 6) is 0.367. The smallest absolute Gasteiger partial charge is 0.237 e. The second-order valence-electron chi connectivity index (χ2n) is 6.08. The van der Waals surface area contributed by atoms with E-state index in [-0.39, 0.29) is 42.7 Å². The van der Waals surface area contributed by atoms with Crippen molar-refractivity contribution in [1.82, 2.24) is 20.4 Å². The molecule has 136 valence electrons. The fourth-order valence-corrected chi connectivity index (χ4v) is 2.65. The Morgan fingerprint density at radius 1 is 1.13 bits per heavy atom. The molecular formula is C15H30Cl2N4O2. The Balaban J connectivity index is 0.00000242. The highest BCUT2D eigenvalue weighted by Gasteiger charge is 2.30. The van der Waals surface area contributed by atoms with E-state index in [1.165, 1.54) is 0 Å². The molecule has 0 spiro atoms. The molecule has 0 bridgehead atoms. The summed E-state index contributed by atoms with van der Waals surface area (Å²) in [5, 5.41) is 6.11. The Labute approximate surface area is 151 Å². The first-order chi connectivity index (χ1) is 10.1. The SMILES string of the molecule is CNCCCC(=O)N1CCN(C(C)C(=O)NC2CC2)CC1.Cl.Cl. The van der Waals surface area contributed by atoms with Crippen LogP contribution < -0.4 is 10.6 Å². The molecule has 0 aromatic carbocycles. The average molecular weight is 369 g/mol. The van der Waals surface area contributed by atoms with Gasteiger partial charge in [-0.05, 0) is 39.8 Å². The van der Waals surface area contributed by atoms with E-state index in [9.17, 15) is 9.59 Å². The van der Waals surface area contributed by atoms with Gasteiger partial charge in [0.25, 0.3) is 0 Å². The van der Waals surface area contributed by atoms with Gasteiger partial charge >= 0.3 is 0 Å². The van der Waals surface area contributed by atoms with Crippen LogP contribution in [0.1, 0.15) is 32.6 Å². The third-order valence-electron chi connectivity index (χ3n) is 4.34. The summed E-state index contributed by atoms with van der Waals surface area (Å²) >= 11 is 0. The highest BCUT2D eigenvalue weighted by molar-refractivity contribution is 5.85. The summed E-state index contributed by atoms with van der Waals surface area (Å²) in [6.45, 7) is 5.89. The van der Waals surface area contributed by atoms with Gasteiger partial charge in [-0.3, -0.25) is 14.5 Å². The van der Waals surface area contributed by atoms with E-state index < -0.39 is 0 Å². The molecular weight excluding hydrogens is 339 g/mol.